The number of hydrogen-bond acceptors (Lipinski definition) is 2. The predicted molar refractivity (Wildman–Crippen MR) is 78.0 cm³/mol. The quantitative estimate of drug-likeness (QED) is 0.890. The van der Waals surface area contributed by atoms with Gasteiger partial charge in [0.05, 0.1) is 6.04 Å². The summed E-state index contributed by atoms with van der Waals surface area (Å²) >= 11 is 5.83. The molecule has 0 amide bonds. The van der Waals surface area contributed by atoms with E-state index in [2.05, 4.69) is 5.32 Å². The van der Waals surface area contributed by atoms with E-state index in [4.69, 9.17) is 17.3 Å². The molecule has 100 valence electrons. The van der Waals surface area contributed by atoms with E-state index in [-0.39, 0.29) is 11.9 Å². The summed E-state index contributed by atoms with van der Waals surface area (Å²) < 4.78 is 13.9. The summed E-state index contributed by atoms with van der Waals surface area (Å²) in [5, 5.41) is 3.88. The van der Waals surface area contributed by atoms with Gasteiger partial charge in [-0.1, -0.05) is 29.3 Å². The zero-order valence-electron chi connectivity index (χ0n) is 10.7. The number of nitrogens with two attached hydrogens (primary N) is 1. The standard InChI is InChI=1S/C15H16ClFN2/c1-10-2-7-14(17)13(8-10)15(9-18)19-12-5-3-11(16)4-6-12/h2-8,15,19H,9,18H2,1H3. The van der Waals surface area contributed by atoms with Crippen molar-refractivity contribution in [2.24, 2.45) is 5.73 Å². The highest BCUT2D eigenvalue weighted by molar-refractivity contribution is 6.30. The van der Waals surface area contributed by atoms with Crippen LogP contribution in [0.5, 0.6) is 0 Å². The lowest BCUT2D eigenvalue weighted by molar-refractivity contribution is 0.593. The van der Waals surface area contributed by atoms with Crippen LogP contribution in [0.25, 0.3) is 0 Å². The van der Waals surface area contributed by atoms with Gasteiger partial charge in [-0.05, 0) is 37.3 Å². The zero-order chi connectivity index (χ0) is 13.8. The molecule has 1 unspecified atom stereocenters. The van der Waals surface area contributed by atoms with Crippen molar-refractivity contribution in [1.82, 2.24) is 0 Å². The van der Waals surface area contributed by atoms with Crippen LogP contribution in [0.3, 0.4) is 0 Å². The molecular formula is C15H16ClFN2. The van der Waals surface area contributed by atoms with Crippen LogP contribution in [0.15, 0.2) is 42.5 Å². The molecule has 0 saturated carbocycles. The summed E-state index contributed by atoms with van der Waals surface area (Å²) in [6.07, 6.45) is 0. The molecule has 19 heavy (non-hydrogen) atoms. The van der Waals surface area contributed by atoms with Gasteiger partial charge in [-0.15, -0.1) is 0 Å². The lowest BCUT2D eigenvalue weighted by Gasteiger charge is -2.19. The summed E-state index contributed by atoms with van der Waals surface area (Å²) in [6.45, 7) is 2.24. The summed E-state index contributed by atoms with van der Waals surface area (Å²) in [7, 11) is 0. The van der Waals surface area contributed by atoms with Gasteiger partial charge in [-0.25, -0.2) is 4.39 Å². The number of nitrogens with one attached hydrogen (secondary N) is 1. The van der Waals surface area contributed by atoms with Crippen molar-refractivity contribution in [3.8, 4) is 0 Å². The Morgan fingerprint density at radius 3 is 2.53 bits per heavy atom. The Morgan fingerprint density at radius 2 is 1.89 bits per heavy atom. The second-order valence-corrected chi connectivity index (χ2v) is 4.90. The molecule has 2 nitrogen and oxygen atoms in total. The Kier molecular flexibility index (Phi) is 4.40. The highest BCUT2D eigenvalue weighted by atomic mass is 35.5. The van der Waals surface area contributed by atoms with E-state index in [9.17, 15) is 4.39 Å². The van der Waals surface area contributed by atoms with E-state index in [1.54, 1.807) is 18.2 Å². The van der Waals surface area contributed by atoms with Crippen molar-refractivity contribution in [2.75, 3.05) is 11.9 Å². The number of hydrogen-bond donors (Lipinski definition) is 2. The van der Waals surface area contributed by atoms with Gasteiger partial charge in [0.2, 0.25) is 0 Å². The number of benzene rings is 2. The Bertz CT molecular complexity index is 555. The first-order chi connectivity index (χ1) is 9.10. The lowest BCUT2D eigenvalue weighted by Crippen LogP contribution is -2.21. The Hall–Kier alpha value is -1.58. The van der Waals surface area contributed by atoms with Crippen LogP contribution in [0, 0.1) is 12.7 Å². The molecule has 0 aromatic heterocycles. The molecule has 2 rings (SSSR count). The van der Waals surface area contributed by atoms with Crippen LogP contribution >= 0.6 is 11.6 Å². The van der Waals surface area contributed by atoms with Crippen molar-refractivity contribution in [1.29, 1.82) is 0 Å². The van der Waals surface area contributed by atoms with Gasteiger partial charge < -0.3 is 11.1 Å². The Labute approximate surface area is 117 Å². The number of rotatable bonds is 4. The third-order valence-corrected chi connectivity index (χ3v) is 3.20. The van der Waals surface area contributed by atoms with Crippen LogP contribution in [-0.2, 0) is 0 Å². The van der Waals surface area contributed by atoms with Crippen molar-refractivity contribution in [3.63, 3.8) is 0 Å². The molecule has 2 aromatic rings. The van der Waals surface area contributed by atoms with Crippen LogP contribution in [0.4, 0.5) is 10.1 Å². The van der Waals surface area contributed by atoms with E-state index in [1.807, 2.05) is 25.1 Å². The van der Waals surface area contributed by atoms with Crippen molar-refractivity contribution in [3.05, 3.63) is 64.4 Å². The third-order valence-electron chi connectivity index (χ3n) is 2.95. The van der Waals surface area contributed by atoms with Crippen molar-refractivity contribution < 1.29 is 4.39 Å². The molecular weight excluding hydrogens is 263 g/mol. The van der Waals surface area contributed by atoms with E-state index < -0.39 is 0 Å². The van der Waals surface area contributed by atoms with Crippen molar-refractivity contribution in [2.45, 2.75) is 13.0 Å². The fraction of sp³-hybridized carbons (Fsp3) is 0.200. The lowest BCUT2D eigenvalue weighted by atomic mass is 10.0. The first-order valence-corrected chi connectivity index (χ1v) is 6.46. The maximum atomic E-state index is 13.9. The minimum absolute atomic E-state index is 0.248. The maximum absolute atomic E-state index is 13.9. The summed E-state index contributed by atoms with van der Waals surface area (Å²) in [5.41, 5.74) is 8.20. The molecule has 0 aliphatic heterocycles. The first kappa shape index (κ1) is 13.8. The van der Waals surface area contributed by atoms with Gasteiger partial charge in [-0.2, -0.15) is 0 Å². The van der Waals surface area contributed by atoms with E-state index in [0.717, 1.165) is 11.3 Å². The van der Waals surface area contributed by atoms with Gasteiger partial charge >= 0.3 is 0 Å². The topological polar surface area (TPSA) is 38.0 Å². The first-order valence-electron chi connectivity index (χ1n) is 6.08. The molecule has 0 heterocycles. The molecule has 0 fully saturated rings. The average Bonchev–Trinajstić information content (AvgIpc) is 2.41. The molecule has 0 aliphatic rings. The third kappa shape index (κ3) is 3.46. The highest BCUT2D eigenvalue weighted by Crippen LogP contribution is 2.23. The minimum Gasteiger partial charge on any atom is -0.377 e. The van der Waals surface area contributed by atoms with E-state index in [0.29, 0.717) is 17.1 Å². The number of aryl methyl sites for hydroxylation is 1. The van der Waals surface area contributed by atoms with Gasteiger partial charge in [0, 0.05) is 22.8 Å². The monoisotopic (exact) mass is 278 g/mol. The SMILES string of the molecule is Cc1ccc(F)c(C(CN)Nc2ccc(Cl)cc2)c1. The smallest absolute Gasteiger partial charge is 0.128 e. The van der Waals surface area contributed by atoms with Crippen LogP contribution in [0.2, 0.25) is 5.02 Å². The molecule has 4 heteroatoms. The highest BCUT2D eigenvalue weighted by Gasteiger charge is 2.14. The maximum Gasteiger partial charge on any atom is 0.128 e. The van der Waals surface area contributed by atoms with E-state index in [1.165, 1.54) is 6.07 Å². The van der Waals surface area contributed by atoms with Gasteiger partial charge in [0.15, 0.2) is 0 Å². The Morgan fingerprint density at radius 1 is 1.21 bits per heavy atom. The van der Waals surface area contributed by atoms with Crippen LogP contribution < -0.4 is 11.1 Å². The average molecular weight is 279 g/mol. The normalized spacial score (nSPS) is 12.2. The van der Waals surface area contributed by atoms with E-state index >= 15 is 0 Å². The van der Waals surface area contributed by atoms with Gasteiger partial charge in [0.1, 0.15) is 5.82 Å². The fourth-order valence-electron chi connectivity index (χ4n) is 1.94. The summed E-state index contributed by atoms with van der Waals surface area (Å²) in [5.74, 6) is -0.248. The molecule has 0 bridgehead atoms. The number of halogens is 2. The molecule has 2 aromatic carbocycles. The molecule has 0 aliphatic carbocycles. The largest absolute Gasteiger partial charge is 0.377 e. The summed E-state index contributed by atoms with van der Waals surface area (Å²) in [6, 6.07) is 12.0. The number of anilines is 1. The Balaban J connectivity index is 2.24. The van der Waals surface area contributed by atoms with Gasteiger partial charge in [0.25, 0.3) is 0 Å². The second-order valence-electron chi connectivity index (χ2n) is 4.46. The van der Waals surface area contributed by atoms with Crippen molar-refractivity contribution >= 4 is 17.3 Å². The van der Waals surface area contributed by atoms with Gasteiger partial charge in [-0.3, -0.25) is 0 Å². The molecule has 1 atom stereocenters. The second kappa shape index (κ2) is 6.04. The molecule has 0 saturated heterocycles. The zero-order valence-corrected chi connectivity index (χ0v) is 11.4. The predicted octanol–water partition coefficient (Wildman–Crippen LogP) is 3.90. The van der Waals surface area contributed by atoms with Crippen LogP contribution in [0.1, 0.15) is 17.2 Å². The minimum atomic E-state index is -0.263. The molecule has 0 spiro atoms. The molecule has 3 N–H and O–H groups in total. The summed E-state index contributed by atoms with van der Waals surface area (Å²) in [4.78, 5) is 0. The molecule has 0 radical (unpaired) electrons. The fourth-order valence-corrected chi connectivity index (χ4v) is 2.07. The van der Waals surface area contributed by atoms with Crippen LogP contribution in [-0.4, -0.2) is 6.54 Å².